The Morgan fingerprint density at radius 2 is 1.94 bits per heavy atom. The molecule has 0 saturated carbocycles. The van der Waals surface area contributed by atoms with Crippen molar-refractivity contribution in [1.82, 2.24) is 19.7 Å². The van der Waals surface area contributed by atoms with E-state index in [1.807, 2.05) is 29.7 Å². The Kier molecular flexibility index (Phi) is 8.66. The van der Waals surface area contributed by atoms with E-state index >= 15 is 0 Å². The minimum Gasteiger partial charge on any atom is -0.493 e. The van der Waals surface area contributed by atoms with Gasteiger partial charge in [0, 0.05) is 17.5 Å². The number of esters is 1. The van der Waals surface area contributed by atoms with Crippen LogP contribution >= 0.6 is 23.1 Å². The summed E-state index contributed by atoms with van der Waals surface area (Å²) in [6, 6.07) is 5.54. The van der Waals surface area contributed by atoms with E-state index in [-0.39, 0.29) is 24.1 Å². The van der Waals surface area contributed by atoms with E-state index in [1.54, 1.807) is 26.5 Å². The number of rotatable bonds is 11. The fourth-order valence-electron chi connectivity index (χ4n) is 2.96. The summed E-state index contributed by atoms with van der Waals surface area (Å²) in [6.07, 6.45) is 0.0769. The monoisotopic (exact) mass is 491 g/mol. The average Bonchev–Trinajstić information content (AvgIpc) is 3.43. The third-order valence-electron chi connectivity index (χ3n) is 4.44. The van der Waals surface area contributed by atoms with E-state index in [2.05, 4.69) is 20.5 Å². The van der Waals surface area contributed by atoms with Crippen LogP contribution in [0.3, 0.4) is 0 Å². The van der Waals surface area contributed by atoms with Crippen LogP contribution in [-0.2, 0) is 27.3 Å². The summed E-state index contributed by atoms with van der Waals surface area (Å²) in [5, 5.41) is 14.1. The molecule has 33 heavy (non-hydrogen) atoms. The molecule has 0 radical (unpaired) electrons. The Balaban J connectivity index is 1.63. The van der Waals surface area contributed by atoms with Gasteiger partial charge in [-0.15, -0.1) is 21.5 Å². The zero-order chi connectivity index (χ0) is 23.8. The number of amides is 1. The van der Waals surface area contributed by atoms with Crippen LogP contribution in [0.25, 0.3) is 11.4 Å². The Bertz CT molecular complexity index is 1110. The number of benzene rings is 1. The predicted molar refractivity (Wildman–Crippen MR) is 126 cm³/mol. The first-order chi connectivity index (χ1) is 16.0. The second-order valence-electron chi connectivity index (χ2n) is 6.58. The van der Waals surface area contributed by atoms with Crippen LogP contribution in [0.1, 0.15) is 19.5 Å². The molecule has 0 saturated heterocycles. The smallest absolute Gasteiger partial charge is 0.311 e. The molecule has 1 aromatic carbocycles. The van der Waals surface area contributed by atoms with Gasteiger partial charge >= 0.3 is 5.97 Å². The summed E-state index contributed by atoms with van der Waals surface area (Å²) in [4.78, 5) is 28.2. The highest BCUT2D eigenvalue weighted by molar-refractivity contribution is 7.99. The molecule has 176 valence electrons. The lowest BCUT2D eigenvalue weighted by molar-refractivity contribution is -0.142. The van der Waals surface area contributed by atoms with Crippen molar-refractivity contribution in [2.24, 2.45) is 0 Å². The number of ether oxygens (including phenoxy) is 3. The van der Waals surface area contributed by atoms with Gasteiger partial charge in [-0.25, -0.2) is 4.98 Å². The highest BCUT2D eigenvalue weighted by Gasteiger charge is 2.17. The number of thioether (sulfide) groups is 1. The number of methoxy groups -OCH3 is 2. The first-order valence-electron chi connectivity index (χ1n) is 10.2. The van der Waals surface area contributed by atoms with Crippen LogP contribution in [0.5, 0.6) is 11.5 Å². The van der Waals surface area contributed by atoms with Crippen LogP contribution in [0.4, 0.5) is 5.13 Å². The molecular formula is C21H25N5O5S2. The van der Waals surface area contributed by atoms with Gasteiger partial charge in [-0.3, -0.25) is 9.59 Å². The summed E-state index contributed by atoms with van der Waals surface area (Å²) in [5.74, 6) is 1.46. The molecule has 1 N–H and O–H groups in total. The van der Waals surface area contributed by atoms with E-state index in [4.69, 9.17) is 14.2 Å². The largest absolute Gasteiger partial charge is 0.493 e. The molecule has 3 rings (SSSR count). The third-order valence-corrected chi connectivity index (χ3v) is 6.21. The van der Waals surface area contributed by atoms with Crippen molar-refractivity contribution in [1.29, 1.82) is 0 Å². The number of carbonyl (C=O) groups excluding carboxylic acids is 2. The lowest BCUT2D eigenvalue weighted by Gasteiger charge is -2.10. The zero-order valence-electron chi connectivity index (χ0n) is 18.8. The SMILES string of the molecule is CCOC(=O)Cc1csc(NC(=O)CSc2nnc(-c3ccc(OC)c(OC)c3)n2CC)n1. The van der Waals surface area contributed by atoms with Crippen molar-refractivity contribution >= 4 is 40.1 Å². The zero-order valence-corrected chi connectivity index (χ0v) is 20.4. The van der Waals surface area contributed by atoms with Gasteiger partial charge in [0.25, 0.3) is 0 Å². The molecule has 2 aromatic heterocycles. The average molecular weight is 492 g/mol. The predicted octanol–water partition coefficient (Wildman–Crippen LogP) is 3.28. The molecule has 0 unspecified atom stereocenters. The Hall–Kier alpha value is -3.12. The van der Waals surface area contributed by atoms with Gasteiger partial charge in [0.05, 0.1) is 38.7 Å². The lowest BCUT2D eigenvalue weighted by Crippen LogP contribution is -2.15. The molecule has 2 heterocycles. The molecule has 0 bridgehead atoms. The third kappa shape index (κ3) is 6.23. The van der Waals surface area contributed by atoms with Gasteiger partial charge in [0.15, 0.2) is 27.6 Å². The highest BCUT2D eigenvalue weighted by Crippen LogP contribution is 2.32. The number of anilines is 1. The first-order valence-corrected chi connectivity index (χ1v) is 12.0. The van der Waals surface area contributed by atoms with Crippen molar-refractivity contribution in [2.45, 2.75) is 32.0 Å². The van der Waals surface area contributed by atoms with Crippen molar-refractivity contribution in [3.8, 4) is 22.9 Å². The number of hydrogen-bond donors (Lipinski definition) is 1. The normalized spacial score (nSPS) is 10.7. The minimum absolute atomic E-state index is 0.0769. The van der Waals surface area contributed by atoms with E-state index in [0.29, 0.717) is 46.5 Å². The number of hydrogen-bond acceptors (Lipinski definition) is 10. The van der Waals surface area contributed by atoms with Crippen LogP contribution in [0, 0.1) is 0 Å². The summed E-state index contributed by atoms with van der Waals surface area (Å²) >= 11 is 2.54. The fraction of sp³-hybridized carbons (Fsp3) is 0.381. The van der Waals surface area contributed by atoms with Crippen molar-refractivity contribution in [2.75, 3.05) is 31.9 Å². The van der Waals surface area contributed by atoms with E-state index in [0.717, 1.165) is 5.56 Å². The fourth-order valence-corrected chi connectivity index (χ4v) is 4.49. The molecule has 10 nitrogen and oxygen atoms in total. The molecule has 0 atom stereocenters. The van der Waals surface area contributed by atoms with Gasteiger partial charge < -0.3 is 24.1 Å². The molecule has 0 fully saturated rings. The maximum atomic E-state index is 12.4. The van der Waals surface area contributed by atoms with Crippen LogP contribution in [0.2, 0.25) is 0 Å². The molecule has 3 aromatic rings. The summed E-state index contributed by atoms with van der Waals surface area (Å²) < 4.78 is 17.5. The summed E-state index contributed by atoms with van der Waals surface area (Å²) in [6.45, 7) is 4.68. The van der Waals surface area contributed by atoms with E-state index in [1.165, 1.54) is 23.1 Å². The molecule has 1 amide bonds. The van der Waals surface area contributed by atoms with E-state index in [9.17, 15) is 9.59 Å². The highest BCUT2D eigenvalue weighted by atomic mass is 32.2. The van der Waals surface area contributed by atoms with Crippen LogP contribution in [0.15, 0.2) is 28.7 Å². The van der Waals surface area contributed by atoms with Gasteiger partial charge in [0.2, 0.25) is 5.91 Å². The second kappa shape index (κ2) is 11.7. The second-order valence-corrected chi connectivity index (χ2v) is 8.38. The van der Waals surface area contributed by atoms with Crippen LogP contribution < -0.4 is 14.8 Å². The quantitative estimate of drug-likeness (QED) is 0.318. The number of aromatic nitrogens is 4. The first kappa shape index (κ1) is 24.5. The summed E-state index contributed by atoms with van der Waals surface area (Å²) in [7, 11) is 3.16. The number of nitrogens with one attached hydrogen (secondary N) is 1. The molecule has 0 aliphatic heterocycles. The molecule has 12 heteroatoms. The summed E-state index contributed by atoms with van der Waals surface area (Å²) in [5.41, 5.74) is 1.39. The minimum atomic E-state index is -0.347. The van der Waals surface area contributed by atoms with Gasteiger partial charge in [-0.05, 0) is 32.0 Å². The Morgan fingerprint density at radius 3 is 2.64 bits per heavy atom. The lowest BCUT2D eigenvalue weighted by atomic mass is 10.2. The van der Waals surface area contributed by atoms with Gasteiger partial charge in [-0.2, -0.15) is 0 Å². The molecule has 0 spiro atoms. The number of thiazole rings is 1. The molecular weight excluding hydrogens is 466 g/mol. The Morgan fingerprint density at radius 1 is 1.15 bits per heavy atom. The van der Waals surface area contributed by atoms with Crippen molar-refractivity contribution in [3.63, 3.8) is 0 Å². The molecule has 0 aliphatic carbocycles. The standard InChI is InChI=1S/C21H25N5O5S2/c1-5-26-19(13-7-8-15(29-3)16(9-13)30-4)24-25-21(26)33-12-17(27)23-20-22-14(11-32-20)10-18(28)31-6-2/h7-9,11H,5-6,10,12H2,1-4H3,(H,22,23,27). The topological polar surface area (TPSA) is 117 Å². The Labute approximate surface area is 199 Å². The maximum Gasteiger partial charge on any atom is 0.311 e. The van der Waals surface area contributed by atoms with Crippen molar-refractivity contribution in [3.05, 3.63) is 29.3 Å². The van der Waals surface area contributed by atoms with Gasteiger partial charge in [0.1, 0.15) is 0 Å². The van der Waals surface area contributed by atoms with Crippen LogP contribution in [-0.4, -0.2) is 58.2 Å². The number of carbonyl (C=O) groups is 2. The number of nitrogens with zero attached hydrogens (tertiary/aromatic N) is 4. The van der Waals surface area contributed by atoms with E-state index < -0.39 is 0 Å². The van der Waals surface area contributed by atoms with Gasteiger partial charge in [-0.1, -0.05) is 11.8 Å². The molecule has 0 aliphatic rings. The maximum absolute atomic E-state index is 12.4. The van der Waals surface area contributed by atoms with Crippen molar-refractivity contribution < 1.29 is 23.8 Å².